The molecule has 0 heterocycles. The molecule has 0 saturated heterocycles. The number of aliphatic carboxylic acids is 1. The maximum atomic E-state index is 13.1. The number of amides is 4. The molecule has 0 fully saturated rings. The Hall–Kier alpha value is -1.99. The number of primary amides is 1. The second-order valence-corrected chi connectivity index (χ2v) is 9.98. The molecule has 0 radical (unpaired) electrons. The molecule has 0 bridgehead atoms. The van der Waals surface area contributed by atoms with E-state index in [1.165, 1.54) is 11.8 Å². The number of nitrogens with one attached hydrogen (secondary N) is 3. The van der Waals surface area contributed by atoms with Gasteiger partial charge in [0.2, 0.25) is 23.6 Å². The van der Waals surface area contributed by atoms with Crippen LogP contribution in [0.3, 0.4) is 0 Å². The van der Waals surface area contributed by atoms with Crippen LogP contribution in [0.2, 0.25) is 0 Å². The first-order valence-corrected chi connectivity index (χ1v) is 13.9. The summed E-state index contributed by atoms with van der Waals surface area (Å²) in [5.41, 5.74) is 11.1. The van der Waals surface area contributed by atoms with Crippen molar-refractivity contribution in [3.63, 3.8) is 0 Å². The van der Waals surface area contributed by atoms with E-state index < -0.39 is 53.8 Å². The maximum absolute atomic E-state index is 13.1. The van der Waals surface area contributed by atoms with E-state index in [1.807, 2.05) is 19.4 Å². The number of hydrogen-bond acceptors (Lipinski definition) is 8. The summed E-state index contributed by atoms with van der Waals surface area (Å²) in [5.74, 6) is -2.79. The summed E-state index contributed by atoms with van der Waals surface area (Å²) in [6.45, 7) is 3.63. The molecule has 0 aromatic carbocycles. The van der Waals surface area contributed by atoms with Crippen molar-refractivity contribution < 1.29 is 29.1 Å². The van der Waals surface area contributed by atoms with Gasteiger partial charge in [0.1, 0.15) is 18.1 Å². The van der Waals surface area contributed by atoms with Gasteiger partial charge in [0.05, 0.1) is 6.04 Å². The van der Waals surface area contributed by atoms with Crippen LogP contribution < -0.4 is 27.4 Å². The third-order valence-electron chi connectivity index (χ3n) is 5.30. The molecule has 11 nitrogen and oxygen atoms in total. The van der Waals surface area contributed by atoms with E-state index in [-0.39, 0.29) is 25.2 Å². The summed E-state index contributed by atoms with van der Waals surface area (Å²) in [5, 5.41) is 17.0. The van der Waals surface area contributed by atoms with Crippen molar-refractivity contribution in [2.75, 3.05) is 24.0 Å². The lowest BCUT2D eigenvalue weighted by Gasteiger charge is -2.28. The monoisotopic (exact) mass is 521 g/mol. The predicted molar refractivity (Wildman–Crippen MR) is 135 cm³/mol. The lowest BCUT2D eigenvalue weighted by atomic mass is 9.97. The Balaban J connectivity index is 5.54. The Morgan fingerprint density at radius 1 is 0.853 bits per heavy atom. The topological polar surface area (TPSA) is 194 Å². The minimum Gasteiger partial charge on any atom is -0.480 e. The molecule has 0 spiro atoms. The third kappa shape index (κ3) is 12.5. The van der Waals surface area contributed by atoms with Gasteiger partial charge in [-0.15, -0.1) is 0 Å². The van der Waals surface area contributed by atoms with E-state index >= 15 is 0 Å². The van der Waals surface area contributed by atoms with E-state index in [2.05, 4.69) is 16.0 Å². The Morgan fingerprint density at radius 3 is 1.91 bits per heavy atom. The van der Waals surface area contributed by atoms with Crippen LogP contribution in [0.15, 0.2) is 0 Å². The van der Waals surface area contributed by atoms with E-state index in [0.29, 0.717) is 24.3 Å². The average molecular weight is 522 g/mol. The highest BCUT2D eigenvalue weighted by atomic mass is 32.2. The first-order valence-electron chi connectivity index (χ1n) is 11.1. The fourth-order valence-electron chi connectivity index (χ4n) is 2.92. The molecule has 4 amide bonds. The van der Waals surface area contributed by atoms with Crippen LogP contribution in [-0.2, 0) is 24.0 Å². The quantitative estimate of drug-likeness (QED) is 0.140. The molecule has 196 valence electrons. The fourth-order valence-corrected chi connectivity index (χ4v) is 3.88. The van der Waals surface area contributed by atoms with Gasteiger partial charge in [-0.2, -0.15) is 23.5 Å². The first-order chi connectivity index (χ1) is 16.0. The van der Waals surface area contributed by atoms with Crippen LogP contribution in [0.25, 0.3) is 0 Å². The van der Waals surface area contributed by atoms with Crippen LogP contribution in [0, 0.1) is 5.92 Å². The molecule has 13 heteroatoms. The molecule has 0 saturated carbocycles. The Labute approximate surface area is 209 Å². The minimum absolute atomic E-state index is 0.115. The number of carboxylic acids is 1. The maximum Gasteiger partial charge on any atom is 0.326 e. The van der Waals surface area contributed by atoms with E-state index in [0.717, 1.165) is 0 Å². The number of carboxylic acid groups (broad SMARTS) is 1. The van der Waals surface area contributed by atoms with Gasteiger partial charge in [-0.25, -0.2) is 4.79 Å². The van der Waals surface area contributed by atoms with Crippen molar-refractivity contribution in [2.45, 2.75) is 70.1 Å². The lowest BCUT2D eigenvalue weighted by molar-refractivity contribution is -0.142. The van der Waals surface area contributed by atoms with Gasteiger partial charge in [-0.3, -0.25) is 19.2 Å². The molecule has 0 aromatic rings. The summed E-state index contributed by atoms with van der Waals surface area (Å²) in [6.07, 6.45) is 4.60. The molecule has 0 aromatic heterocycles. The summed E-state index contributed by atoms with van der Waals surface area (Å²) in [7, 11) is 0. The van der Waals surface area contributed by atoms with Gasteiger partial charge in [-0.1, -0.05) is 20.3 Å². The van der Waals surface area contributed by atoms with E-state index in [4.69, 9.17) is 11.5 Å². The molecule has 0 aliphatic rings. The molecule has 8 N–H and O–H groups in total. The summed E-state index contributed by atoms with van der Waals surface area (Å²) in [4.78, 5) is 61.2. The van der Waals surface area contributed by atoms with Crippen LogP contribution in [0.1, 0.15) is 46.0 Å². The number of thioether (sulfide) groups is 2. The SMILES string of the molecule is CCC(C)C(NC(=O)C(N)CCSC)C(=O)NC(CCC(N)=O)C(=O)NC(CCSC)C(=O)O. The van der Waals surface area contributed by atoms with Gasteiger partial charge in [0.15, 0.2) is 0 Å². The largest absolute Gasteiger partial charge is 0.480 e. The van der Waals surface area contributed by atoms with Crippen molar-refractivity contribution in [1.29, 1.82) is 0 Å². The molecule has 0 aliphatic heterocycles. The summed E-state index contributed by atoms with van der Waals surface area (Å²) >= 11 is 2.98. The number of hydrogen-bond donors (Lipinski definition) is 6. The predicted octanol–water partition coefficient (Wildman–Crippen LogP) is -0.329. The summed E-state index contributed by atoms with van der Waals surface area (Å²) in [6, 6.07) is -4.10. The van der Waals surface area contributed by atoms with Crippen molar-refractivity contribution in [3.05, 3.63) is 0 Å². The van der Waals surface area contributed by atoms with Gasteiger partial charge in [-0.05, 0) is 49.2 Å². The molecule has 34 heavy (non-hydrogen) atoms. The molecular formula is C21H39N5O6S2. The van der Waals surface area contributed by atoms with Gasteiger partial charge >= 0.3 is 5.97 Å². The van der Waals surface area contributed by atoms with Gasteiger partial charge in [0, 0.05) is 6.42 Å². The van der Waals surface area contributed by atoms with Crippen LogP contribution in [0.5, 0.6) is 0 Å². The van der Waals surface area contributed by atoms with E-state index in [9.17, 15) is 29.1 Å². The third-order valence-corrected chi connectivity index (χ3v) is 6.59. The van der Waals surface area contributed by atoms with Crippen LogP contribution in [0.4, 0.5) is 0 Å². The van der Waals surface area contributed by atoms with Crippen LogP contribution in [-0.4, -0.2) is 82.9 Å². The van der Waals surface area contributed by atoms with E-state index in [1.54, 1.807) is 18.7 Å². The molecular weight excluding hydrogens is 482 g/mol. The zero-order valence-electron chi connectivity index (χ0n) is 20.3. The normalized spacial score (nSPS) is 15.3. The van der Waals surface area contributed by atoms with Crippen molar-refractivity contribution in [3.8, 4) is 0 Å². The lowest BCUT2D eigenvalue weighted by Crippen LogP contribution is -2.58. The van der Waals surface area contributed by atoms with Crippen molar-refractivity contribution >= 4 is 53.1 Å². The second kappa shape index (κ2) is 17.4. The van der Waals surface area contributed by atoms with Gasteiger partial charge in [0.25, 0.3) is 0 Å². The second-order valence-electron chi connectivity index (χ2n) is 8.01. The Morgan fingerprint density at radius 2 is 1.41 bits per heavy atom. The average Bonchev–Trinajstić information content (AvgIpc) is 2.79. The minimum atomic E-state index is -1.20. The Kier molecular flexibility index (Phi) is 16.4. The first kappa shape index (κ1) is 32.0. The standard InChI is InChI=1S/C21H39N5O6S2/c1-5-12(2)17(26-18(28)13(22)8-10-33-3)20(30)24-14(6-7-16(23)27)19(29)25-15(21(31)32)9-11-34-4/h12-15,17H,5-11,22H2,1-4H3,(H2,23,27)(H,24,30)(H,25,29)(H,26,28)(H,31,32). The zero-order chi connectivity index (χ0) is 26.3. The number of carbonyl (C=O) groups is 5. The highest BCUT2D eigenvalue weighted by Crippen LogP contribution is 2.11. The number of carbonyl (C=O) groups excluding carboxylic acids is 4. The van der Waals surface area contributed by atoms with Crippen LogP contribution >= 0.6 is 23.5 Å². The summed E-state index contributed by atoms with van der Waals surface area (Å²) < 4.78 is 0. The van der Waals surface area contributed by atoms with Crippen molar-refractivity contribution in [2.24, 2.45) is 17.4 Å². The number of nitrogens with two attached hydrogens (primary N) is 2. The molecule has 0 aliphatic carbocycles. The molecule has 5 unspecified atom stereocenters. The smallest absolute Gasteiger partial charge is 0.326 e. The Bertz CT molecular complexity index is 697. The van der Waals surface area contributed by atoms with Crippen molar-refractivity contribution in [1.82, 2.24) is 16.0 Å². The zero-order valence-corrected chi connectivity index (χ0v) is 21.9. The highest BCUT2D eigenvalue weighted by Gasteiger charge is 2.32. The highest BCUT2D eigenvalue weighted by molar-refractivity contribution is 7.98. The molecule has 5 atom stereocenters. The molecule has 0 rings (SSSR count). The number of rotatable bonds is 18. The van der Waals surface area contributed by atoms with Gasteiger partial charge < -0.3 is 32.5 Å². The fraction of sp³-hybridized carbons (Fsp3) is 0.762.